The van der Waals surface area contributed by atoms with Crippen molar-refractivity contribution >= 4 is 10.8 Å². The van der Waals surface area contributed by atoms with Crippen molar-refractivity contribution in [1.29, 1.82) is 0 Å². The lowest BCUT2D eigenvalue weighted by molar-refractivity contribution is 0.211. The Bertz CT molecular complexity index is 1070. The topological polar surface area (TPSA) is 38.7 Å². The Morgan fingerprint density at radius 3 is 2.00 bits per heavy atom. The Labute approximate surface area is 158 Å². The molecular weight excluding hydrogens is 336 g/mol. The normalized spacial score (nSPS) is 11.9. The highest BCUT2D eigenvalue weighted by Crippen LogP contribution is 2.36. The Balaban J connectivity index is 1.70. The van der Waals surface area contributed by atoms with Gasteiger partial charge < -0.3 is 14.6 Å². The molecule has 27 heavy (non-hydrogen) atoms. The number of aliphatic hydroxyl groups excluding tert-OH is 1. The first-order chi connectivity index (χ1) is 13.3. The molecule has 0 spiro atoms. The van der Waals surface area contributed by atoms with Crippen LogP contribution in [0.5, 0.6) is 17.2 Å². The lowest BCUT2D eigenvalue weighted by Gasteiger charge is -2.18. The van der Waals surface area contributed by atoms with E-state index in [0.29, 0.717) is 22.6 Å². The molecule has 0 radical (unpaired) electrons. The number of benzene rings is 4. The summed E-state index contributed by atoms with van der Waals surface area (Å²) in [5, 5.41) is 13.2. The van der Waals surface area contributed by atoms with Crippen molar-refractivity contribution in [3.63, 3.8) is 0 Å². The van der Waals surface area contributed by atoms with Gasteiger partial charge in [-0.15, -0.1) is 0 Å². The van der Waals surface area contributed by atoms with E-state index in [2.05, 4.69) is 12.1 Å². The lowest BCUT2D eigenvalue weighted by Crippen LogP contribution is -2.04. The van der Waals surface area contributed by atoms with Crippen LogP contribution in [0.3, 0.4) is 0 Å². The van der Waals surface area contributed by atoms with Gasteiger partial charge in [0.1, 0.15) is 23.4 Å². The molecule has 0 aliphatic rings. The summed E-state index contributed by atoms with van der Waals surface area (Å²) < 4.78 is 11.5. The van der Waals surface area contributed by atoms with Crippen LogP contribution in [0.4, 0.5) is 0 Å². The zero-order valence-electron chi connectivity index (χ0n) is 15.0. The number of fused-ring (bicyclic) bond motifs is 1. The van der Waals surface area contributed by atoms with Crippen molar-refractivity contribution in [2.45, 2.75) is 6.10 Å². The number of aliphatic hydroxyl groups is 1. The SMILES string of the molecule is COc1ccccc1C(O)c1ccccc1Oc1ccc2ccccc2c1. The van der Waals surface area contributed by atoms with E-state index in [-0.39, 0.29) is 0 Å². The number of para-hydroxylation sites is 2. The van der Waals surface area contributed by atoms with Crippen LogP contribution in [0.25, 0.3) is 10.8 Å². The van der Waals surface area contributed by atoms with Crippen LogP contribution in [0, 0.1) is 0 Å². The third kappa shape index (κ3) is 3.50. The van der Waals surface area contributed by atoms with Gasteiger partial charge in [0.2, 0.25) is 0 Å². The molecule has 4 rings (SSSR count). The second kappa shape index (κ2) is 7.52. The summed E-state index contributed by atoms with van der Waals surface area (Å²) in [7, 11) is 1.60. The molecule has 0 heterocycles. The maximum Gasteiger partial charge on any atom is 0.133 e. The molecule has 0 aromatic heterocycles. The third-order valence-corrected chi connectivity index (χ3v) is 4.60. The van der Waals surface area contributed by atoms with Crippen LogP contribution in [0.2, 0.25) is 0 Å². The van der Waals surface area contributed by atoms with Crippen LogP contribution in [0.15, 0.2) is 91.0 Å². The van der Waals surface area contributed by atoms with E-state index in [1.807, 2.05) is 78.9 Å². The molecule has 0 bridgehead atoms. The maximum absolute atomic E-state index is 11.0. The Hall–Kier alpha value is -3.30. The van der Waals surface area contributed by atoms with Gasteiger partial charge in [-0.3, -0.25) is 0 Å². The van der Waals surface area contributed by atoms with Crippen LogP contribution < -0.4 is 9.47 Å². The standard InChI is InChI=1S/C24H20O3/c1-26-22-12-6-4-10-20(22)24(25)21-11-5-7-13-23(21)27-19-15-14-17-8-2-3-9-18(17)16-19/h2-16,24-25H,1H3. The van der Waals surface area contributed by atoms with E-state index < -0.39 is 6.10 Å². The number of methoxy groups -OCH3 is 1. The summed E-state index contributed by atoms with van der Waals surface area (Å²) >= 11 is 0. The van der Waals surface area contributed by atoms with Crippen molar-refractivity contribution in [3.8, 4) is 17.2 Å². The summed E-state index contributed by atoms with van der Waals surface area (Å²) in [6, 6.07) is 29.1. The molecular formula is C24H20O3. The second-order valence-corrected chi connectivity index (χ2v) is 6.29. The number of hydrogen-bond acceptors (Lipinski definition) is 3. The monoisotopic (exact) mass is 356 g/mol. The molecule has 0 saturated heterocycles. The maximum atomic E-state index is 11.0. The van der Waals surface area contributed by atoms with Gasteiger partial charge in [-0.25, -0.2) is 0 Å². The van der Waals surface area contributed by atoms with Gasteiger partial charge in [0.05, 0.1) is 7.11 Å². The van der Waals surface area contributed by atoms with E-state index in [4.69, 9.17) is 9.47 Å². The predicted octanol–water partition coefficient (Wildman–Crippen LogP) is 5.72. The zero-order chi connectivity index (χ0) is 18.6. The minimum Gasteiger partial charge on any atom is -0.496 e. The van der Waals surface area contributed by atoms with E-state index in [9.17, 15) is 5.11 Å². The zero-order valence-corrected chi connectivity index (χ0v) is 15.0. The average molecular weight is 356 g/mol. The van der Waals surface area contributed by atoms with Gasteiger partial charge in [0.15, 0.2) is 0 Å². The summed E-state index contributed by atoms with van der Waals surface area (Å²) in [6.45, 7) is 0. The first-order valence-electron chi connectivity index (χ1n) is 8.83. The van der Waals surface area contributed by atoms with Crippen molar-refractivity contribution in [2.75, 3.05) is 7.11 Å². The van der Waals surface area contributed by atoms with Gasteiger partial charge in [-0.2, -0.15) is 0 Å². The van der Waals surface area contributed by atoms with E-state index >= 15 is 0 Å². The summed E-state index contributed by atoms with van der Waals surface area (Å²) in [6.07, 6.45) is -0.849. The van der Waals surface area contributed by atoms with E-state index in [0.717, 1.165) is 16.5 Å². The van der Waals surface area contributed by atoms with Crippen molar-refractivity contribution < 1.29 is 14.6 Å². The molecule has 134 valence electrons. The largest absolute Gasteiger partial charge is 0.496 e. The molecule has 1 atom stereocenters. The molecule has 0 saturated carbocycles. The number of hydrogen-bond donors (Lipinski definition) is 1. The first kappa shape index (κ1) is 17.1. The third-order valence-electron chi connectivity index (χ3n) is 4.60. The molecule has 0 aliphatic heterocycles. The second-order valence-electron chi connectivity index (χ2n) is 6.29. The van der Waals surface area contributed by atoms with Gasteiger partial charge in [-0.1, -0.05) is 66.7 Å². The summed E-state index contributed by atoms with van der Waals surface area (Å²) in [5.41, 5.74) is 1.39. The van der Waals surface area contributed by atoms with Crippen LogP contribution >= 0.6 is 0 Å². The van der Waals surface area contributed by atoms with Crippen LogP contribution in [0.1, 0.15) is 17.2 Å². The highest BCUT2D eigenvalue weighted by molar-refractivity contribution is 5.83. The molecule has 1 N–H and O–H groups in total. The number of rotatable bonds is 5. The molecule has 3 heteroatoms. The first-order valence-corrected chi connectivity index (χ1v) is 8.83. The van der Waals surface area contributed by atoms with Crippen LogP contribution in [-0.2, 0) is 0 Å². The minimum absolute atomic E-state index is 0.617. The highest BCUT2D eigenvalue weighted by atomic mass is 16.5. The fourth-order valence-corrected chi connectivity index (χ4v) is 3.22. The van der Waals surface area contributed by atoms with Crippen molar-refractivity contribution in [2.24, 2.45) is 0 Å². The van der Waals surface area contributed by atoms with E-state index in [1.54, 1.807) is 7.11 Å². The fourth-order valence-electron chi connectivity index (χ4n) is 3.22. The summed E-state index contributed by atoms with van der Waals surface area (Å²) in [5.74, 6) is 1.99. The van der Waals surface area contributed by atoms with Gasteiger partial charge in [0.25, 0.3) is 0 Å². The molecule has 0 aliphatic carbocycles. The molecule has 0 fully saturated rings. The highest BCUT2D eigenvalue weighted by Gasteiger charge is 2.19. The van der Waals surface area contributed by atoms with Gasteiger partial charge in [0, 0.05) is 11.1 Å². The smallest absolute Gasteiger partial charge is 0.133 e. The van der Waals surface area contributed by atoms with Crippen molar-refractivity contribution in [1.82, 2.24) is 0 Å². The lowest BCUT2D eigenvalue weighted by atomic mass is 10.00. The van der Waals surface area contributed by atoms with Gasteiger partial charge >= 0.3 is 0 Å². The Morgan fingerprint density at radius 2 is 1.26 bits per heavy atom. The minimum atomic E-state index is -0.849. The predicted molar refractivity (Wildman–Crippen MR) is 108 cm³/mol. The molecule has 4 aromatic rings. The van der Waals surface area contributed by atoms with Crippen LogP contribution in [-0.4, -0.2) is 12.2 Å². The Kier molecular flexibility index (Phi) is 4.77. The number of ether oxygens (including phenoxy) is 2. The van der Waals surface area contributed by atoms with E-state index in [1.165, 1.54) is 0 Å². The molecule has 4 aromatic carbocycles. The summed E-state index contributed by atoms with van der Waals surface area (Å²) in [4.78, 5) is 0. The van der Waals surface area contributed by atoms with Crippen molar-refractivity contribution in [3.05, 3.63) is 102 Å². The molecule has 3 nitrogen and oxygen atoms in total. The average Bonchev–Trinajstić information content (AvgIpc) is 2.73. The Morgan fingerprint density at radius 1 is 0.667 bits per heavy atom. The van der Waals surface area contributed by atoms with Gasteiger partial charge in [-0.05, 0) is 35.0 Å². The quantitative estimate of drug-likeness (QED) is 0.497. The molecule has 1 unspecified atom stereocenters. The molecule has 0 amide bonds. The fraction of sp³-hybridized carbons (Fsp3) is 0.0833.